The number of benzene rings is 1. The van der Waals surface area contributed by atoms with Gasteiger partial charge in [0, 0.05) is 30.7 Å². The number of rotatable bonds is 5. The van der Waals surface area contributed by atoms with E-state index in [2.05, 4.69) is 13.8 Å². The van der Waals surface area contributed by atoms with Gasteiger partial charge >= 0.3 is 5.97 Å². The summed E-state index contributed by atoms with van der Waals surface area (Å²) < 4.78 is 1.76. The van der Waals surface area contributed by atoms with Gasteiger partial charge in [-0.25, -0.2) is 0 Å². The molecule has 2 rings (SSSR count). The molecule has 21 heavy (non-hydrogen) atoms. The van der Waals surface area contributed by atoms with Crippen molar-refractivity contribution in [3.63, 3.8) is 0 Å². The van der Waals surface area contributed by atoms with E-state index < -0.39 is 5.97 Å². The molecule has 5 nitrogen and oxygen atoms in total. The first-order chi connectivity index (χ1) is 9.88. The second-order valence-corrected chi connectivity index (χ2v) is 5.67. The lowest BCUT2D eigenvalue weighted by atomic mass is 10.1. The third-order valence-corrected chi connectivity index (χ3v) is 3.33. The van der Waals surface area contributed by atoms with E-state index in [1.807, 2.05) is 18.2 Å². The lowest BCUT2D eigenvalue weighted by Crippen LogP contribution is -2.25. The van der Waals surface area contributed by atoms with Crippen LogP contribution in [0.1, 0.15) is 13.8 Å². The molecule has 0 aliphatic heterocycles. The Hall–Kier alpha value is -2.30. The molecule has 0 atom stereocenters. The van der Waals surface area contributed by atoms with E-state index in [0.29, 0.717) is 12.5 Å². The van der Waals surface area contributed by atoms with Gasteiger partial charge in [-0.15, -0.1) is 0 Å². The van der Waals surface area contributed by atoms with Crippen LogP contribution in [0.15, 0.2) is 35.1 Å². The van der Waals surface area contributed by atoms with E-state index in [1.165, 1.54) is 0 Å². The molecule has 0 aliphatic rings. The molecule has 0 amide bonds. The molecule has 1 aromatic carbocycles. The largest absolute Gasteiger partial charge is 0.480 e. The molecule has 0 bridgehead atoms. The van der Waals surface area contributed by atoms with Crippen molar-refractivity contribution < 1.29 is 9.90 Å². The summed E-state index contributed by atoms with van der Waals surface area (Å²) in [7, 11) is 1.74. The standard InChI is InChI=1S/C16H20N2O3/c1-11(2)9-18-14-6-5-13(17(3)10-16(20)21)8-12(14)4-7-15(18)19/h4-8,11H,9-10H2,1-3H3,(H,20,21). The lowest BCUT2D eigenvalue weighted by Gasteiger charge is -2.18. The second-order valence-electron chi connectivity index (χ2n) is 5.67. The molecule has 0 aliphatic carbocycles. The predicted molar refractivity (Wildman–Crippen MR) is 84.0 cm³/mol. The van der Waals surface area contributed by atoms with Crippen molar-refractivity contribution in [3.05, 3.63) is 40.7 Å². The molecule has 0 saturated heterocycles. The highest BCUT2D eigenvalue weighted by atomic mass is 16.4. The fourth-order valence-corrected chi connectivity index (χ4v) is 2.38. The van der Waals surface area contributed by atoms with E-state index in [9.17, 15) is 9.59 Å². The van der Waals surface area contributed by atoms with Crippen molar-refractivity contribution in [1.82, 2.24) is 4.57 Å². The molecular weight excluding hydrogens is 268 g/mol. The van der Waals surface area contributed by atoms with Crippen molar-refractivity contribution in [3.8, 4) is 0 Å². The summed E-state index contributed by atoms with van der Waals surface area (Å²) in [5.74, 6) is -0.495. The summed E-state index contributed by atoms with van der Waals surface area (Å²) in [4.78, 5) is 24.5. The number of fused-ring (bicyclic) bond motifs is 1. The normalized spacial score (nSPS) is 11.0. The second kappa shape index (κ2) is 5.99. The van der Waals surface area contributed by atoms with Gasteiger partial charge < -0.3 is 14.6 Å². The number of nitrogens with zero attached hydrogens (tertiary/aromatic N) is 2. The van der Waals surface area contributed by atoms with Crippen molar-refractivity contribution in [1.29, 1.82) is 0 Å². The van der Waals surface area contributed by atoms with Gasteiger partial charge in [-0.1, -0.05) is 13.8 Å². The van der Waals surface area contributed by atoms with Gasteiger partial charge in [0.05, 0.1) is 5.52 Å². The maximum atomic E-state index is 12.0. The number of carbonyl (C=O) groups is 1. The number of hydrogen-bond donors (Lipinski definition) is 1. The Morgan fingerprint density at radius 2 is 2.00 bits per heavy atom. The first-order valence-corrected chi connectivity index (χ1v) is 6.95. The van der Waals surface area contributed by atoms with Crippen LogP contribution in [0.3, 0.4) is 0 Å². The van der Waals surface area contributed by atoms with Crippen LogP contribution in [0, 0.1) is 5.92 Å². The molecule has 2 aromatic rings. The van der Waals surface area contributed by atoms with E-state index in [4.69, 9.17) is 5.11 Å². The number of likely N-dealkylation sites (N-methyl/N-ethyl adjacent to an activating group) is 1. The van der Waals surface area contributed by atoms with Crippen LogP contribution in [-0.2, 0) is 11.3 Å². The number of anilines is 1. The molecule has 112 valence electrons. The number of carboxylic acid groups (broad SMARTS) is 1. The fraction of sp³-hybridized carbons (Fsp3) is 0.375. The van der Waals surface area contributed by atoms with E-state index >= 15 is 0 Å². The van der Waals surface area contributed by atoms with Gasteiger partial charge in [0.2, 0.25) is 0 Å². The SMILES string of the molecule is CC(C)Cn1c(=O)ccc2cc(N(C)CC(=O)O)ccc21. The highest BCUT2D eigenvalue weighted by Crippen LogP contribution is 2.21. The molecule has 0 spiro atoms. The summed E-state index contributed by atoms with van der Waals surface area (Å²) in [6.07, 6.45) is 0. The first-order valence-electron chi connectivity index (χ1n) is 6.95. The van der Waals surface area contributed by atoms with Crippen molar-refractivity contribution >= 4 is 22.6 Å². The quantitative estimate of drug-likeness (QED) is 0.916. The number of aliphatic carboxylic acids is 1. The maximum absolute atomic E-state index is 12.0. The zero-order valence-corrected chi connectivity index (χ0v) is 12.5. The number of pyridine rings is 1. The maximum Gasteiger partial charge on any atom is 0.323 e. The molecule has 1 heterocycles. The van der Waals surface area contributed by atoms with Crippen LogP contribution in [0.25, 0.3) is 10.9 Å². The van der Waals surface area contributed by atoms with E-state index in [-0.39, 0.29) is 12.1 Å². The van der Waals surface area contributed by atoms with Crippen LogP contribution >= 0.6 is 0 Å². The van der Waals surface area contributed by atoms with Gasteiger partial charge in [-0.2, -0.15) is 0 Å². The molecule has 5 heteroatoms. The van der Waals surface area contributed by atoms with Crippen molar-refractivity contribution in [2.45, 2.75) is 20.4 Å². The predicted octanol–water partition coefficient (Wildman–Crippen LogP) is 2.18. The Labute approximate surface area is 123 Å². The van der Waals surface area contributed by atoms with Gasteiger partial charge in [-0.05, 0) is 30.2 Å². The average molecular weight is 288 g/mol. The Morgan fingerprint density at radius 3 is 2.62 bits per heavy atom. The van der Waals surface area contributed by atoms with Gasteiger partial charge in [0.15, 0.2) is 0 Å². The smallest absolute Gasteiger partial charge is 0.323 e. The Bertz CT molecular complexity index is 719. The van der Waals surface area contributed by atoms with Crippen LogP contribution < -0.4 is 10.5 Å². The molecule has 0 unspecified atom stereocenters. The molecule has 0 fully saturated rings. The van der Waals surface area contributed by atoms with Gasteiger partial charge in [0.25, 0.3) is 5.56 Å². The van der Waals surface area contributed by atoms with E-state index in [0.717, 1.165) is 16.6 Å². The number of carboxylic acids is 1. The van der Waals surface area contributed by atoms with E-state index in [1.54, 1.807) is 28.6 Å². The number of aromatic nitrogens is 1. The minimum Gasteiger partial charge on any atom is -0.480 e. The third-order valence-electron chi connectivity index (χ3n) is 3.33. The van der Waals surface area contributed by atoms with Crippen molar-refractivity contribution in [2.24, 2.45) is 5.92 Å². The highest BCUT2D eigenvalue weighted by molar-refractivity contribution is 5.84. The molecule has 1 N–H and O–H groups in total. The van der Waals surface area contributed by atoms with Crippen LogP contribution in [0.5, 0.6) is 0 Å². The Kier molecular flexibility index (Phi) is 4.31. The van der Waals surface area contributed by atoms with Gasteiger partial charge in [-0.3, -0.25) is 9.59 Å². The molecule has 0 saturated carbocycles. The first kappa shape index (κ1) is 15.1. The van der Waals surface area contributed by atoms with Crippen LogP contribution in [0.4, 0.5) is 5.69 Å². The molecule has 1 aromatic heterocycles. The zero-order chi connectivity index (χ0) is 15.6. The highest BCUT2D eigenvalue weighted by Gasteiger charge is 2.09. The summed E-state index contributed by atoms with van der Waals surface area (Å²) in [5, 5.41) is 9.79. The third kappa shape index (κ3) is 3.42. The van der Waals surface area contributed by atoms with Gasteiger partial charge in [0.1, 0.15) is 6.54 Å². The monoisotopic (exact) mass is 288 g/mol. The molecule has 0 radical (unpaired) electrons. The average Bonchev–Trinajstić information content (AvgIpc) is 2.40. The summed E-state index contributed by atoms with van der Waals surface area (Å²) >= 11 is 0. The summed E-state index contributed by atoms with van der Waals surface area (Å²) in [6.45, 7) is 4.75. The Morgan fingerprint density at radius 1 is 1.29 bits per heavy atom. The summed E-state index contributed by atoms with van der Waals surface area (Å²) in [5.41, 5.74) is 1.69. The summed E-state index contributed by atoms with van der Waals surface area (Å²) in [6, 6.07) is 8.99. The topological polar surface area (TPSA) is 62.5 Å². The number of hydrogen-bond acceptors (Lipinski definition) is 3. The lowest BCUT2D eigenvalue weighted by molar-refractivity contribution is -0.135. The van der Waals surface area contributed by atoms with Crippen LogP contribution in [-0.4, -0.2) is 29.2 Å². The molecular formula is C16H20N2O3. The minimum atomic E-state index is -0.873. The van der Waals surface area contributed by atoms with Crippen molar-refractivity contribution in [2.75, 3.05) is 18.5 Å². The zero-order valence-electron chi connectivity index (χ0n) is 12.5. The Balaban J connectivity index is 2.48. The minimum absolute atomic E-state index is 0.0113. The van der Waals surface area contributed by atoms with Crippen LogP contribution in [0.2, 0.25) is 0 Å². The fourth-order valence-electron chi connectivity index (χ4n) is 2.38.